The zero-order chi connectivity index (χ0) is 12.0. The zero-order valence-corrected chi connectivity index (χ0v) is 9.31. The number of carboxylic acid groups (broad SMARTS) is 1. The number of nitrogens with one attached hydrogen (secondary N) is 1. The number of hydrogen-bond acceptors (Lipinski definition) is 2. The van der Waals surface area contributed by atoms with E-state index in [-0.39, 0.29) is 6.10 Å². The fourth-order valence-corrected chi connectivity index (χ4v) is 1.73. The van der Waals surface area contributed by atoms with Crippen LogP contribution in [0.25, 0.3) is 0 Å². The Hall–Kier alpha value is -1.55. The molecule has 0 saturated carbocycles. The summed E-state index contributed by atoms with van der Waals surface area (Å²) < 4.78 is 0. The summed E-state index contributed by atoms with van der Waals surface area (Å²) in [5.41, 5.74) is 2.46. The third kappa shape index (κ3) is 3.55. The highest BCUT2D eigenvalue weighted by atomic mass is 16.4. The van der Waals surface area contributed by atoms with Gasteiger partial charge >= 0.3 is 6.09 Å². The molecule has 1 aliphatic carbocycles. The largest absolute Gasteiger partial charge is 0.465 e. The van der Waals surface area contributed by atoms with Crippen molar-refractivity contribution >= 4 is 6.09 Å². The molecule has 0 aromatic heterocycles. The number of aliphatic hydroxyl groups is 1. The number of benzene rings is 1. The lowest BCUT2D eigenvalue weighted by molar-refractivity contribution is 0.156. The number of hydrogen-bond donors (Lipinski definition) is 3. The molecular formula is C12H17NO3. The highest BCUT2D eigenvalue weighted by Crippen LogP contribution is 2.28. The molecule has 16 heavy (non-hydrogen) atoms. The van der Waals surface area contributed by atoms with E-state index in [9.17, 15) is 9.90 Å². The topological polar surface area (TPSA) is 69.6 Å². The van der Waals surface area contributed by atoms with Crippen LogP contribution in [-0.2, 0) is 6.42 Å². The molecule has 4 nitrogen and oxygen atoms in total. The van der Waals surface area contributed by atoms with Gasteiger partial charge in [-0.05, 0) is 30.4 Å². The first kappa shape index (κ1) is 12.5. The van der Waals surface area contributed by atoms with Crippen LogP contribution in [0.3, 0.4) is 0 Å². The summed E-state index contributed by atoms with van der Waals surface area (Å²) in [6.45, 7) is 0. The maximum absolute atomic E-state index is 9.56. The van der Waals surface area contributed by atoms with Crippen LogP contribution in [0.4, 0.5) is 4.79 Å². The van der Waals surface area contributed by atoms with E-state index in [1.807, 2.05) is 23.5 Å². The minimum atomic E-state index is -0.995. The van der Waals surface area contributed by atoms with Crippen LogP contribution >= 0.6 is 0 Å². The van der Waals surface area contributed by atoms with Crippen LogP contribution in [0.2, 0.25) is 0 Å². The van der Waals surface area contributed by atoms with E-state index in [0.29, 0.717) is 0 Å². The first-order chi connectivity index (χ1) is 7.65. The molecule has 0 fully saturated rings. The van der Waals surface area contributed by atoms with Gasteiger partial charge in [0.15, 0.2) is 0 Å². The Morgan fingerprint density at radius 1 is 1.44 bits per heavy atom. The van der Waals surface area contributed by atoms with Crippen LogP contribution in [0.5, 0.6) is 0 Å². The molecule has 0 spiro atoms. The highest BCUT2D eigenvalue weighted by Gasteiger charge is 2.15. The normalized spacial score (nSPS) is 17.8. The number of rotatable bonds is 0. The highest BCUT2D eigenvalue weighted by molar-refractivity contribution is 5.63. The number of amides is 1. The van der Waals surface area contributed by atoms with Crippen LogP contribution in [0, 0.1) is 0 Å². The summed E-state index contributed by atoms with van der Waals surface area (Å²) in [7, 11) is 1.35. The van der Waals surface area contributed by atoms with Gasteiger partial charge in [-0.3, -0.25) is 0 Å². The summed E-state index contributed by atoms with van der Waals surface area (Å²) in [5, 5.41) is 19.1. The molecule has 1 aromatic rings. The second-order valence-corrected chi connectivity index (χ2v) is 3.66. The van der Waals surface area contributed by atoms with E-state index in [1.165, 1.54) is 12.6 Å². The van der Waals surface area contributed by atoms with Crippen molar-refractivity contribution < 1.29 is 15.0 Å². The van der Waals surface area contributed by atoms with Gasteiger partial charge in [-0.1, -0.05) is 24.3 Å². The second kappa shape index (κ2) is 6.12. The molecule has 88 valence electrons. The summed E-state index contributed by atoms with van der Waals surface area (Å²) in [5.74, 6) is 0. The predicted molar refractivity (Wildman–Crippen MR) is 61.4 cm³/mol. The van der Waals surface area contributed by atoms with Crippen molar-refractivity contribution in [2.75, 3.05) is 7.05 Å². The van der Waals surface area contributed by atoms with Crippen molar-refractivity contribution in [1.29, 1.82) is 0 Å². The SMILES string of the molecule is CNC(=O)O.OC1CCCc2ccccc21. The van der Waals surface area contributed by atoms with Gasteiger partial charge in [0.25, 0.3) is 0 Å². The number of fused-ring (bicyclic) bond motifs is 1. The van der Waals surface area contributed by atoms with E-state index in [0.717, 1.165) is 24.8 Å². The fourth-order valence-electron chi connectivity index (χ4n) is 1.73. The standard InChI is InChI=1S/C10H12O.C2H5NO2/c11-10-7-3-5-8-4-1-2-6-9(8)10;1-3-2(4)5/h1-2,4,6,10-11H,3,5,7H2;3H,1H3,(H,4,5). The first-order valence-electron chi connectivity index (χ1n) is 5.31. The molecule has 1 unspecified atom stereocenters. The van der Waals surface area contributed by atoms with Gasteiger partial charge in [0, 0.05) is 7.05 Å². The van der Waals surface area contributed by atoms with E-state index < -0.39 is 6.09 Å². The van der Waals surface area contributed by atoms with E-state index in [2.05, 4.69) is 6.07 Å². The van der Waals surface area contributed by atoms with Crippen LogP contribution in [-0.4, -0.2) is 23.4 Å². The summed E-state index contributed by atoms with van der Waals surface area (Å²) >= 11 is 0. The average Bonchev–Trinajstić information content (AvgIpc) is 2.30. The van der Waals surface area contributed by atoms with E-state index in [1.54, 1.807) is 0 Å². The maximum atomic E-state index is 9.56. The van der Waals surface area contributed by atoms with Gasteiger partial charge in [-0.15, -0.1) is 0 Å². The quantitative estimate of drug-likeness (QED) is 0.629. The summed E-state index contributed by atoms with van der Waals surface area (Å²) in [4.78, 5) is 9.26. The molecule has 3 N–H and O–H groups in total. The molecule has 1 atom stereocenters. The Bertz CT molecular complexity index is 352. The monoisotopic (exact) mass is 223 g/mol. The molecule has 0 aliphatic heterocycles. The predicted octanol–water partition coefficient (Wildman–Crippen LogP) is 1.94. The molecule has 2 rings (SSSR count). The van der Waals surface area contributed by atoms with Crippen LogP contribution in [0.1, 0.15) is 30.1 Å². The lowest BCUT2D eigenvalue weighted by atomic mass is 9.90. The third-order valence-electron chi connectivity index (χ3n) is 2.55. The molecule has 0 bridgehead atoms. The average molecular weight is 223 g/mol. The molecular weight excluding hydrogens is 206 g/mol. The van der Waals surface area contributed by atoms with E-state index in [4.69, 9.17) is 5.11 Å². The Morgan fingerprint density at radius 3 is 2.62 bits per heavy atom. The maximum Gasteiger partial charge on any atom is 0.404 e. The van der Waals surface area contributed by atoms with E-state index >= 15 is 0 Å². The minimum absolute atomic E-state index is 0.208. The molecule has 0 radical (unpaired) electrons. The lowest BCUT2D eigenvalue weighted by Gasteiger charge is -2.20. The summed E-state index contributed by atoms with van der Waals surface area (Å²) in [6.07, 6.45) is 1.98. The number of aliphatic hydroxyl groups excluding tert-OH is 1. The molecule has 0 heterocycles. The van der Waals surface area contributed by atoms with Gasteiger partial charge in [0.1, 0.15) is 0 Å². The fraction of sp³-hybridized carbons (Fsp3) is 0.417. The summed E-state index contributed by atoms with van der Waals surface area (Å²) in [6, 6.07) is 8.17. The van der Waals surface area contributed by atoms with Gasteiger partial charge in [0.2, 0.25) is 0 Å². The molecule has 1 amide bonds. The smallest absolute Gasteiger partial charge is 0.404 e. The van der Waals surface area contributed by atoms with Crippen molar-refractivity contribution in [3.05, 3.63) is 35.4 Å². The first-order valence-corrected chi connectivity index (χ1v) is 5.31. The molecule has 1 aliphatic rings. The molecule has 0 saturated heterocycles. The van der Waals surface area contributed by atoms with Crippen molar-refractivity contribution in [2.24, 2.45) is 0 Å². The van der Waals surface area contributed by atoms with Gasteiger partial charge < -0.3 is 15.5 Å². The third-order valence-corrected chi connectivity index (χ3v) is 2.55. The Morgan fingerprint density at radius 2 is 2.06 bits per heavy atom. The molecule has 1 aromatic carbocycles. The van der Waals surface area contributed by atoms with Crippen molar-refractivity contribution in [3.63, 3.8) is 0 Å². The number of aryl methyl sites for hydroxylation is 1. The van der Waals surface area contributed by atoms with Gasteiger partial charge in [0.05, 0.1) is 6.10 Å². The minimum Gasteiger partial charge on any atom is -0.465 e. The van der Waals surface area contributed by atoms with Gasteiger partial charge in [-0.25, -0.2) is 4.79 Å². The second-order valence-electron chi connectivity index (χ2n) is 3.66. The van der Waals surface area contributed by atoms with Gasteiger partial charge in [-0.2, -0.15) is 0 Å². The zero-order valence-electron chi connectivity index (χ0n) is 9.31. The van der Waals surface area contributed by atoms with Crippen molar-refractivity contribution in [2.45, 2.75) is 25.4 Å². The Labute approximate surface area is 94.9 Å². The molecule has 4 heteroatoms. The van der Waals surface area contributed by atoms with Crippen molar-refractivity contribution in [3.8, 4) is 0 Å². The lowest BCUT2D eigenvalue weighted by Crippen LogP contribution is -2.13. The van der Waals surface area contributed by atoms with Crippen LogP contribution in [0.15, 0.2) is 24.3 Å². The van der Waals surface area contributed by atoms with Crippen molar-refractivity contribution in [1.82, 2.24) is 5.32 Å². The Balaban J connectivity index is 0.000000221. The number of carbonyl (C=O) groups is 1. The van der Waals surface area contributed by atoms with Crippen LogP contribution < -0.4 is 5.32 Å². The Kier molecular flexibility index (Phi) is 4.79.